The third kappa shape index (κ3) is 3.30. The molecule has 2 fully saturated rings. The fourth-order valence-corrected chi connectivity index (χ4v) is 4.10. The van der Waals surface area contributed by atoms with Gasteiger partial charge in [-0.2, -0.15) is 0 Å². The van der Waals surface area contributed by atoms with E-state index in [0.717, 1.165) is 35.3 Å². The quantitative estimate of drug-likeness (QED) is 0.603. The van der Waals surface area contributed by atoms with Gasteiger partial charge in [0.15, 0.2) is 5.11 Å². The number of hydrogen-bond donors (Lipinski definition) is 0. The van der Waals surface area contributed by atoms with E-state index in [1.54, 1.807) is 7.11 Å². The van der Waals surface area contributed by atoms with Crippen molar-refractivity contribution in [2.75, 3.05) is 14.2 Å². The summed E-state index contributed by atoms with van der Waals surface area (Å²) in [6.07, 6.45) is 7.67. The number of nitrogens with zero attached hydrogens (tertiary/aromatic N) is 2. The fraction of sp³-hybridized carbons (Fsp3) is 0.500. The molecule has 1 aliphatic carbocycles. The lowest BCUT2D eigenvalue weighted by molar-refractivity contribution is -0.124. The smallest absolute Gasteiger partial charge is 0.277 e. The van der Waals surface area contributed by atoms with Crippen LogP contribution in [-0.4, -0.2) is 41.0 Å². The summed E-state index contributed by atoms with van der Waals surface area (Å²) in [5.41, 5.74) is 3.82. The number of likely N-dealkylation sites (N-methyl/N-ethyl adjacent to an activating group) is 1. The van der Waals surface area contributed by atoms with Crippen molar-refractivity contribution in [3.63, 3.8) is 0 Å². The van der Waals surface area contributed by atoms with Crippen molar-refractivity contribution in [3.05, 3.63) is 34.5 Å². The van der Waals surface area contributed by atoms with Gasteiger partial charge in [0.2, 0.25) is 0 Å². The SMILES string of the molecule is COc1cc(C)c(C=C2C(=O)N(C3CCCCC3)C(=S)N2C)cc1C. The van der Waals surface area contributed by atoms with E-state index < -0.39 is 0 Å². The molecule has 1 aliphatic heterocycles. The van der Waals surface area contributed by atoms with Crippen LogP contribution >= 0.6 is 12.2 Å². The fourth-order valence-electron chi connectivity index (χ4n) is 3.77. The normalized spacial score (nSPS) is 20.7. The van der Waals surface area contributed by atoms with Crippen LogP contribution in [0, 0.1) is 13.8 Å². The Morgan fingerprint density at radius 3 is 2.48 bits per heavy atom. The van der Waals surface area contributed by atoms with Gasteiger partial charge < -0.3 is 9.64 Å². The topological polar surface area (TPSA) is 32.8 Å². The predicted octanol–water partition coefficient (Wildman–Crippen LogP) is 4.04. The summed E-state index contributed by atoms with van der Waals surface area (Å²) in [4.78, 5) is 16.7. The average Bonchev–Trinajstić information content (AvgIpc) is 2.82. The molecule has 0 N–H and O–H groups in total. The first-order chi connectivity index (χ1) is 11.9. The molecule has 0 unspecified atom stereocenters. The van der Waals surface area contributed by atoms with Gasteiger partial charge >= 0.3 is 0 Å². The highest BCUT2D eigenvalue weighted by atomic mass is 32.1. The monoisotopic (exact) mass is 358 g/mol. The second-order valence-electron chi connectivity index (χ2n) is 7.02. The molecule has 0 bridgehead atoms. The first-order valence-corrected chi connectivity index (χ1v) is 9.33. The highest BCUT2D eigenvalue weighted by Crippen LogP contribution is 2.32. The van der Waals surface area contributed by atoms with Gasteiger partial charge in [-0.15, -0.1) is 0 Å². The van der Waals surface area contributed by atoms with E-state index in [0.29, 0.717) is 10.8 Å². The van der Waals surface area contributed by atoms with Crippen molar-refractivity contribution < 1.29 is 9.53 Å². The van der Waals surface area contributed by atoms with Crippen LogP contribution in [0.2, 0.25) is 0 Å². The Balaban J connectivity index is 1.94. The van der Waals surface area contributed by atoms with E-state index in [-0.39, 0.29) is 11.9 Å². The van der Waals surface area contributed by atoms with Crippen molar-refractivity contribution in [2.45, 2.75) is 52.0 Å². The van der Waals surface area contributed by atoms with Crippen LogP contribution in [-0.2, 0) is 4.79 Å². The Bertz CT molecular complexity index is 735. The molecule has 1 aromatic rings. The Morgan fingerprint density at radius 2 is 1.84 bits per heavy atom. The Kier molecular flexibility index (Phi) is 5.13. The largest absolute Gasteiger partial charge is 0.496 e. The minimum atomic E-state index is 0.0345. The summed E-state index contributed by atoms with van der Waals surface area (Å²) in [6, 6.07) is 4.33. The van der Waals surface area contributed by atoms with E-state index in [2.05, 4.69) is 6.07 Å². The summed E-state index contributed by atoms with van der Waals surface area (Å²) in [5, 5.41) is 0.631. The number of carbonyl (C=O) groups excluding carboxylic acids is 1. The molecule has 25 heavy (non-hydrogen) atoms. The number of methoxy groups -OCH3 is 1. The highest BCUT2D eigenvalue weighted by molar-refractivity contribution is 7.80. The molecule has 0 spiro atoms. The Labute approximate surface area is 155 Å². The molecule has 1 saturated heterocycles. The first-order valence-electron chi connectivity index (χ1n) is 8.92. The molecule has 1 heterocycles. The minimum Gasteiger partial charge on any atom is -0.496 e. The lowest BCUT2D eigenvalue weighted by Crippen LogP contribution is -2.41. The minimum absolute atomic E-state index is 0.0345. The molecule has 2 aliphatic rings. The van der Waals surface area contributed by atoms with Crippen molar-refractivity contribution in [2.24, 2.45) is 0 Å². The second-order valence-corrected chi connectivity index (χ2v) is 7.38. The van der Waals surface area contributed by atoms with Gasteiger partial charge in [0.1, 0.15) is 11.4 Å². The zero-order valence-corrected chi connectivity index (χ0v) is 16.3. The van der Waals surface area contributed by atoms with Gasteiger partial charge in [0, 0.05) is 13.1 Å². The Morgan fingerprint density at radius 1 is 1.16 bits per heavy atom. The van der Waals surface area contributed by atoms with Gasteiger partial charge in [0.05, 0.1) is 7.11 Å². The highest BCUT2D eigenvalue weighted by Gasteiger charge is 2.40. The van der Waals surface area contributed by atoms with Crippen LogP contribution < -0.4 is 4.74 Å². The van der Waals surface area contributed by atoms with Crippen LogP contribution in [0.5, 0.6) is 5.75 Å². The van der Waals surface area contributed by atoms with E-state index in [4.69, 9.17) is 17.0 Å². The first kappa shape index (κ1) is 17.9. The molecule has 0 atom stereocenters. The number of carbonyl (C=O) groups is 1. The van der Waals surface area contributed by atoms with Crippen molar-refractivity contribution in [3.8, 4) is 5.75 Å². The summed E-state index contributed by atoms with van der Waals surface area (Å²) in [6.45, 7) is 4.05. The molecule has 134 valence electrons. The molecule has 1 aromatic carbocycles. The van der Waals surface area contributed by atoms with E-state index >= 15 is 0 Å². The molecule has 1 saturated carbocycles. The molecule has 0 aromatic heterocycles. The van der Waals surface area contributed by atoms with Gasteiger partial charge in [-0.3, -0.25) is 9.69 Å². The van der Waals surface area contributed by atoms with Crippen LogP contribution in [0.4, 0.5) is 0 Å². The predicted molar refractivity (Wildman–Crippen MR) is 105 cm³/mol. The molecular formula is C20H26N2O2S. The zero-order chi connectivity index (χ0) is 18.1. The maximum absolute atomic E-state index is 13.1. The molecule has 1 amide bonds. The van der Waals surface area contributed by atoms with E-state index in [1.807, 2.05) is 42.8 Å². The Hall–Kier alpha value is -1.88. The second kappa shape index (κ2) is 7.16. The van der Waals surface area contributed by atoms with Gasteiger partial charge in [0.25, 0.3) is 5.91 Å². The molecule has 0 radical (unpaired) electrons. The van der Waals surface area contributed by atoms with Crippen LogP contribution in [0.3, 0.4) is 0 Å². The third-order valence-electron chi connectivity index (χ3n) is 5.31. The van der Waals surface area contributed by atoms with Gasteiger partial charge in [-0.05, 0) is 73.8 Å². The third-order valence-corrected chi connectivity index (χ3v) is 5.78. The van der Waals surface area contributed by atoms with Gasteiger partial charge in [-0.25, -0.2) is 0 Å². The van der Waals surface area contributed by atoms with E-state index in [9.17, 15) is 4.79 Å². The number of hydrogen-bond acceptors (Lipinski definition) is 3. The molecule has 5 heteroatoms. The van der Waals surface area contributed by atoms with Crippen LogP contribution in [0.1, 0.15) is 48.8 Å². The number of thiocarbonyl (C=S) groups is 1. The molecular weight excluding hydrogens is 332 g/mol. The number of benzene rings is 1. The maximum atomic E-state index is 13.1. The number of aryl methyl sites for hydroxylation is 2. The summed E-state index contributed by atoms with van der Waals surface area (Å²) in [5.74, 6) is 0.900. The van der Waals surface area contributed by atoms with Crippen molar-refractivity contribution in [1.29, 1.82) is 0 Å². The standard InChI is InChI=1S/C20H26N2O2S/c1-13-11-18(24-4)14(2)10-15(13)12-17-19(23)22(20(25)21(17)3)16-8-6-5-7-9-16/h10-12,16H,5-9H2,1-4H3. The number of ether oxygens (including phenoxy) is 1. The van der Waals surface area contributed by atoms with Gasteiger partial charge in [-0.1, -0.05) is 19.3 Å². The van der Waals surface area contributed by atoms with Crippen molar-refractivity contribution in [1.82, 2.24) is 9.80 Å². The zero-order valence-electron chi connectivity index (χ0n) is 15.5. The van der Waals surface area contributed by atoms with Crippen LogP contribution in [0.25, 0.3) is 6.08 Å². The molecule has 4 nitrogen and oxygen atoms in total. The van der Waals surface area contributed by atoms with E-state index in [1.165, 1.54) is 19.3 Å². The maximum Gasteiger partial charge on any atom is 0.277 e. The number of amides is 1. The lowest BCUT2D eigenvalue weighted by atomic mass is 9.94. The lowest BCUT2D eigenvalue weighted by Gasteiger charge is -2.30. The van der Waals surface area contributed by atoms with Crippen molar-refractivity contribution >= 4 is 29.3 Å². The summed E-state index contributed by atoms with van der Waals surface area (Å²) >= 11 is 5.58. The summed E-state index contributed by atoms with van der Waals surface area (Å²) < 4.78 is 5.38. The summed E-state index contributed by atoms with van der Waals surface area (Å²) in [7, 11) is 3.56. The van der Waals surface area contributed by atoms with Crippen LogP contribution in [0.15, 0.2) is 17.8 Å². The number of rotatable bonds is 3. The average molecular weight is 359 g/mol. The molecule has 3 rings (SSSR count).